The van der Waals surface area contributed by atoms with Gasteiger partial charge in [-0.1, -0.05) is 0 Å². The molecule has 2 aromatic rings. The van der Waals surface area contributed by atoms with Gasteiger partial charge >= 0.3 is 0 Å². The van der Waals surface area contributed by atoms with Crippen molar-refractivity contribution in [1.82, 2.24) is 30.4 Å². The summed E-state index contributed by atoms with van der Waals surface area (Å²) in [7, 11) is 1.75. The Balaban J connectivity index is 1.52. The maximum atomic E-state index is 12.4. The Hall–Kier alpha value is -2.33. The number of rotatable bonds is 6. The summed E-state index contributed by atoms with van der Waals surface area (Å²) in [4.78, 5) is 26.4. The summed E-state index contributed by atoms with van der Waals surface area (Å²) < 4.78 is 6.90. The molecule has 1 saturated heterocycles. The third kappa shape index (κ3) is 3.85. The van der Waals surface area contributed by atoms with Crippen LogP contribution in [0.3, 0.4) is 0 Å². The van der Waals surface area contributed by atoms with E-state index in [1.807, 2.05) is 12.3 Å². The number of amides is 2. The van der Waals surface area contributed by atoms with Crippen LogP contribution in [-0.4, -0.2) is 69.8 Å². The van der Waals surface area contributed by atoms with Gasteiger partial charge < -0.3 is 15.0 Å². The van der Waals surface area contributed by atoms with Crippen LogP contribution in [0.25, 0.3) is 5.00 Å². The fourth-order valence-electron chi connectivity index (χ4n) is 2.79. The van der Waals surface area contributed by atoms with Gasteiger partial charge in [-0.25, -0.2) is 0 Å². The van der Waals surface area contributed by atoms with Crippen LogP contribution in [0.1, 0.15) is 23.7 Å². The fourth-order valence-corrected chi connectivity index (χ4v) is 3.60. The molecule has 3 heterocycles. The lowest BCUT2D eigenvalue weighted by Crippen LogP contribution is -2.40. The van der Waals surface area contributed by atoms with E-state index in [1.165, 1.54) is 22.3 Å². The van der Waals surface area contributed by atoms with Gasteiger partial charge in [-0.3, -0.25) is 9.59 Å². The maximum Gasteiger partial charge on any atom is 0.254 e. The van der Waals surface area contributed by atoms with Crippen LogP contribution >= 0.6 is 11.3 Å². The van der Waals surface area contributed by atoms with Crippen LogP contribution in [0.15, 0.2) is 17.8 Å². The molecule has 1 aliphatic rings. The number of likely N-dealkylation sites (N-methyl/N-ethyl adjacent to an activating group) is 1. The molecular formula is C15H20N6O3S. The van der Waals surface area contributed by atoms with Gasteiger partial charge in [-0.2, -0.15) is 4.68 Å². The predicted octanol–water partition coefficient (Wildman–Crippen LogP) is 0.337. The van der Waals surface area contributed by atoms with Gasteiger partial charge in [0.25, 0.3) is 5.91 Å². The average molecular weight is 364 g/mol. The molecule has 25 heavy (non-hydrogen) atoms. The molecule has 2 atom stereocenters. The summed E-state index contributed by atoms with van der Waals surface area (Å²) in [6.45, 7) is 3.36. The number of ether oxygens (including phenoxy) is 1. The van der Waals surface area contributed by atoms with Gasteiger partial charge in [-0.15, -0.1) is 16.4 Å². The first kappa shape index (κ1) is 17.5. The lowest BCUT2D eigenvalue weighted by molar-refractivity contribution is -0.135. The van der Waals surface area contributed by atoms with Crippen LogP contribution in [-0.2, 0) is 9.53 Å². The SMILES string of the molecule is CC1OCCC1C(=O)N(C)CCNC(=O)c1ccsc1-n1cnnn1. The Labute approximate surface area is 149 Å². The van der Waals surface area contributed by atoms with Gasteiger partial charge in [0.15, 0.2) is 0 Å². The molecule has 2 amide bonds. The molecule has 0 saturated carbocycles. The molecular weight excluding hydrogens is 344 g/mol. The topological polar surface area (TPSA) is 102 Å². The van der Waals surface area contributed by atoms with Crippen molar-refractivity contribution in [3.05, 3.63) is 23.3 Å². The highest BCUT2D eigenvalue weighted by atomic mass is 32.1. The normalized spacial score (nSPS) is 19.8. The number of aromatic nitrogens is 4. The van der Waals surface area contributed by atoms with Crippen LogP contribution in [0.4, 0.5) is 0 Å². The summed E-state index contributed by atoms with van der Waals surface area (Å²) in [5.74, 6) is -0.252. The minimum Gasteiger partial charge on any atom is -0.378 e. The van der Waals surface area contributed by atoms with E-state index in [9.17, 15) is 9.59 Å². The Morgan fingerprint density at radius 3 is 3.04 bits per heavy atom. The molecule has 134 valence electrons. The van der Waals surface area contributed by atoms with Gasteiger partial charge in [0.2, 0.25) is 5.91 Å². The fraction of sp³-hybridized carbons (Fsp3) is 0.533. The van der Waals surface area contributed by atoms with Gasteiger partial charge in [-0.05, 0) is 35.2 Å². The number of carbonyl (C=O) groups is 2. The summed E-state index contributed by atoms with van der Waals surface area (Å²) in [6, 6.07) is 1.73. The Morgan fingerprint density at radius 1 is 1.52 bits per heavy atom. The van der Waals surface area contributed by atoms with E-state index in [1.54, 1.807) is 18.0 Å². The zero-order valence-corrected chi connectivity index (χ0v) is 14.9. The molecule has 0 aliphatic carbocycles. The second kappa shape index (κ2) is 7.70. The van der Waals surface area contributed by atoms with E-state index in [2.05, 4.69) is 20.8 Å². The monoisotopic (exact) mass is 364 g/mol. The smallest absolute Gasteiger partial charge is 0.254 e. The average Bonchev–Trinajstić information content (AvgIpc) is 3.34. The number of hydrogen-bond donors (Lipinski definition) is 1. The second-order valence-electron chi connectivity index (χ2n) is 5.88. The van der Waals surface area contributed by atoms with Crippen molar-refractivity contribution < 1.29 is 14.3 Å². The molecule has 0 aromatic carbocycles. The standard InChI is InChI=1S/C15H20N6O3S/c1-10-11(3-7-24-10)14(23)20(2)6-5-16-13(22)12-4-8-25-15(12)21-9-17-18-19-21/h4,8-11H,3,5-7H2,1-2H3,(H,16,22). The minimum atomic E-state index is -0.217. The van der Waals surface area contributed by atoms with E-state index in [4.69, 9.17) is 4.74 Å². The highest BCUT2D eigenvalue weighted by molar-refractivity contribution is 7.13. The number of carbonyl (C=O) groups excluding carboxylic acids is 2. The van der Waals surface area contributed by atoms with Crippen LogP contribution in [0.5, 0.6) is 0 Å². The van der Waals surface area contributed by atoms with Crippen molar-refractivity contribution in [2.24, 2.45) is 5.92 Å². The number of thiophene rings is 1. The molecule has 1 N–H and O–H groups in total. The summed E-state index contributed by atoms with van der Waals surface area (Å²) in [6.07, 6.45) is 2.15. The van der Waals surface area contributed by atoms with Crippen molar-refractivity contribution >= 4 is 23.2 Å². The van der Waals surface area contributed by atoms with E-state index < -0.39 is 0 Å². The van der Waals surface area contributed by atoms with Gasteiger partial charge in [0, 0.05) is 26.7 Å². The molecule has 9 nitrogen and oxygen atoms in total. The molecule has 0 radical (unpaired) electrons. The number of tetrazole rings is 1. The summed E-state index contributed by atoms with van der Waals surface area (Å²) >= 11 is 1.38. The number of hydrogen-bond acceptors (Lipinski definition) is 7. The first-order valence-electron chi connectivity index (χ1n) is 8.03. The quantitative estimate of drug-likeness (QED) is 0.793. The van der Waals surface area contributed by atoms with E-state index in [-0.39, 0.29) is 23.8 Å². The van der Waals surface area contributed by atoms with E-state index in [0.717, 1.165) is 6.42 Å². The van der Waals surface area contributed by atoms with Crippen LogP contribution in [0, 0.1) is 5.92 Å². The van der Waals surface area contributed by atoms with Crippen molar-refractivity contribution in [3.63, 3.8) is 0 Å². The lowest BCUT2D eigenvalue weighted by Gasteiger charge is -2.22. The van der Waals surface area contributed by atoms with Crippen molar-refractivity contribution in [2.75, 3.05) is 26.7 Å². The Bertz CT molecular complexity index is 731. The highest BCUT2D eigenvalue weighted by Crippen LogP contribution is 2.22. The molecule has 0 bridgehead atoms. The maximum absolute atomic E-state index is 12.4. The first-order valence-corrected chi connectivity index (χ1v) is 8.91. The third-order valence-electron chi connectivity index (χ3n) is 4.25. The van der Waals surface area contributed by atoms with Crippen molar-refractivity contribution in [2.45, 2.75) is 19.4 Å². The van der Waals surface area contributed by atoms with Gasteiger partial charge in [0.05, 0.1) is 17.6 Å². The van der Waals surface area contributed by atoms with Crippen LogP contribution < -0.4 is 5.32 Å². The summed E-state index contributed by atoms with van der Waals surface area (Å²) in [5.41, 5.74) is 0.504. The van der Waals surface area contributed by atoms with Crippen molar-refractivity contribution in [3.8, 4) is 5.00 Å². The largest absolute Gasteiger partial charge is 0.378 e. The second-order valence-corrected chi connectivity index (χ2v) is 6.78. The molecule has 1 aliphatic heterocycles. The minimum absolute atomic E-state index is 0.0470. The zero-order valence-electron chi connectivity index (χ0n) is 14.1. The van der Waals surface area contributed by atoms with E-state index >= 15 is 0 Å². The zero-order chi connectivity index (χ0) is 17.8. The lowest BCUT2D eigenvalue weighted by atomic mass is 10.0. The molecule has 0 spiro atoms. The Kier molecular flexibility index (Phi) is 5.39. The number of nitrogens with zero attached hydrogens (tertiary/aromatic N) is 5. The van der Waals surface area contributed by atoms with E-state index in [0.29, 0.717) is 30.3 Å². The molecule has 3 rings (SSSR count). The van der Waals surface area contributed by atoms with Crippen LogP contribution in [0.2, 0.25) is 0 Å². The van der Waals surface area contributed by atoms with Crippen molar-refractivity contribution in [1.29, 1.82) is 0 Å². The molecule has 2 unspecified atom stereocenters. The summed E-state index contributed by atoms with van der Waals surface area (Å²) in [5, 5.41) is 16.3. The first-order chi connectivity index (χ1) is 12.1. The Morgan fingerprint density at radius 2 is 2.36 bits per heavy atom. The number of nitrogens with one attached hydrogen (secondary N) is 1. The molecule has 1 fully saturated rings. The highest BCUT2D eigenvalue weighted by Gasteiger charge is 2.32. The molecule has 2 aromatic heterocycles. The third-order valence-corrected chi connectivity index (χ3v) is 5.15. The predicted molar refractivity (Wildman–Crippen MR) is 90.5 cm³/mol. The molecule has 10 heteroatoms. The van der Waals surface area contributed by atoms with Gasteiger partial charge in [0.1, 0.15) is 11.3 Å².